The summed E-state index contributed by atoms with van der Waals surface area (Å²) in [5.41, 5.74) is -1.11. The van der Waals surface area contributed by atoms with Crippen LogP contribution in [-0.2, 0) is 23.3 Å². The number of aromatic amines is 1. The minimum atomic E-state index is -1.26. The number of carbonyl (C=O) groups excluding carboxylic acids is 1. The number of imidazole rings is 1. The van der Waals surface area contributed by atoms with E-state index in [2.05, 4.69) is 26.3 Å². The molecule has 1 spiro atoms. The molecule has 3 fully saturated rings. The van der Waals surface area contributed by atoms with Gasteiger partial charge in [-0.2, -0.15) is 10.2 Å². The smallest absolute Gasteiger partial charge is 0.280 e. The number of hydrogen-bond acceptors (Lipinski definition) is 9. The van der Waals surface area contributed by atoms with Crippen molar-refractivity contribution in [1.29, 1.82) is 5.26 Å². The summed E-state index contributed by atoms with van der Waals surface area (Å²) >= 11 is 0. The van der Waals surface area contributed by atoms with Gasteiger partial charge in [0.1, 0.15) is 23.4 Å². The van der Waals surface area contributed by atoms with Crippen LogP contribution in [-0.4, -0.2) is 62.1 Å². The fourth-order valence-electron chi connectivity index (χ4n) is 5.08. The van der Waals surface area contributed by atoms with E-state index in [0.29, 0.717) is 19.4 Å². The van der Waals surface area contributed by atoms with E-state index >= 15 is 0 Å². The van der Waals surface area contributed by atoms with Crippen molar-refractivity contribution >= 4 is 31.4 Å². The number of amides is 1. The van der Waals surface area contributed by atoms with E-state index in [-0.39, 0.29) is 28.9 Å². The molecule has 2 aliphatic heterocycles. The average Bonchev–Trinajstić information content (AvgIpc) is 3.25. The predicted octanol–water partition coefficient (Wildman–Crippen LogP) is 2.58. The normalized spacial score (nSPS) is 29.1. The number of rotatable bonds is 9. The molecule has 2 bridgehead atoms. The molecule has 5 rings (SSSR count). The third kappa shape index (κ3) is 3.86. The standard InChI is InChI=1S/C22H29N6O6P/c1-5-22-15(34-35(4)31-10-6-9-23)14(32-21(22)7-8-21)19(33-22)28-11-24-13-16(28)25-20(27-18(13)30)26-17(29)12(2)3/h11-12,14-15,19H,5-8,10H2,1-4H3,(H2,25,26,27,29,30)/t14-,15?,19+,22-,35?/m0/s1. The minimum Gasteiger partial charge on any atom is -0.361 e. The number of anilines is 1. The van der Waals surface area contributed by atoms with Crippen LogP contribution in [0.25, 0.3) is 11.2 Å². The van der Waals surface area contributed by atoms with Gasteiger partial charge in [0.15, 0.2) is 25.8 Å². The zero-order chi connectivity index (χ0) is 25.0. The highest BCUT2D eigenvalue weighted by Gasteiger charge is 2.78. The number of H-pyrrole nitrogens is 1. The summed E-state index contributed by atoms with van der Waals surface area (Å²) in [6.45, 7) is 7.71. The van der Waals surface area contributed by atoms with Gasteiger partial charge in [-0.15, -0.1) is 0 Å². The summed E-state index contributed by atoms with van der Waals surface area (Å²) in [4.78, 5) is 36.1. The van der Waals surface area contributed by atoms with Crippen LogP contribution in [0.2, 0.25) is 0 Å². The second-order valence-corrected chi connectivity index (χ2v) is 10.8. The lowest BCUT2D eigenvalue weighted by atomic mass is 9.88. The van der Waals surface area contributed by atoms with Gasteiger partial charge in [-0.25, -0.2) is 4.98 Å². The van der Waals surface area contributed by atoms with Gasteiger partial charge >= 0.3 is 0 Å². The Morgan fingerprint density at radius 3 is 2.89 bits per heavy atom. The van der Waals surface area contributed by atoms with Crippen LogP contribution >= 0.6 is 8.38 Å². The molecule has 1 aliphatic carbocycles. The molecule has 1 saturated carbocycles. The highest BCUT2D eigenvalue weighted by Crippen LogP contribution is 2.67. The van der Waals surface area contributed by atoms with Gasteiger partial charge in [-0.3, -0.25) is 24.5 Å². The molecule has 3 aliphatic rings. The second kappa shape index (κ2) is 8.91. The van der Waals surface area contributed by atoms with E-state index in [1.54, 1.807) is 18.4 Å². The highest BCUT2D eigenvalue weighted by atomic mass is 31.2. The maximum atomic E-state index is 12.6. The number of carbonyl (C=O) groups is 1. The van der Waals surface area contributed by atoms with Gasteiger partial charge in [-0.1, -0.05) is 20.8 Å². The molecule has 2 saturated heterocycles. The van der Waals surface area contributed by atoms with Crippen LogP contribution in [0.1, 0.15) is 52.7 Å². The van der Waals surface area contributed by atoms with Crippen LogP contribution < -0.4 is 10.9 Å². The quantitative estimate of drug-likeness (QED) is 0.387. The number of hydrogen-bond donors (Lipinski definition) is 2. The number of nitrogens with one attached hydrogen (secondary N) is 2. The first kappa shape index (κ1) is 24.3. The van der Waals surface area contributed by atoms with E-state index in [0.717, 1.165) is 12.8 Å². The largest absolute Gasteiger partial charge is 0.361 e. The Morgan fingerprint density at radius 1 is 1.46 bits per heavy atom. The van der Waals surface area contributed by atoms with E-state index in [1.165, 1.54) is 6.33 Å². The van der Waals surface area contributed by atoms with Crippen LogP contribution in [0.4, 0.5) is 5.95 Å². The molecule has 4 heterocycles. The summed E-state index contributed by atoms with van der Waals surface area (Å²) in [6, 6.07) is 2.07. The Labute approximate surface area is 203 Å². The molecule has 2 N–H and O–H groups in total. The lowest BCUT2D eigenvalue weighted by Gasteiger charge is -2.38. The third-order valence-electron chi connectivity index (χ3n) is 6.95. The molecule has 35 heavy (non-hydrogen) atoms. The fourth-order valence-corrected chi connectivity index (χ4v) is 6.09. The van der Waals surface area contributed by atoms with E-state index < -0.39 is 43.6 Å². The molecular formula is C22H29N6O6P. The monoisotopic (exact) mass is 504 g/mol. The Morgan fingerprint density at radius 2 is 2.23 bits per heavy atom. The van der Waals surface area contributed by atoms with Gasteiger partial charge in [0.05, 0.1) is 25.4 Å². The zero-order valence-electron chi connectivity index (χ0n) is 20.1. The number of nitriles is 1. The molecule has 5 atom stereocenters. The van der Waals surface area contributed by atoms with E-state index in [9.17, 15) is 9.59 Å². The summed E-state index contributed by atoms with van der Waals surface area (Å²) in [5, 5.41) is 11.4. The fraction of sp³-hybridized carbons (Fsp3) is 0.682. The van der Waals surface area contributed by atoms with Crippen molar-refractivity contribution < 1.29 is 23.3 Å². The Balaban J connectivity index is 1.47. The average molecular weight is 504 g/mol. The van der Waals surface area contributed by atoms with Crippen molar-refractivity contribution in [3.05, 3.63) is 16.7 Å². The Hall–Kier alpha value is -2.42. The minimum absolute atomic E-state index is 0.0478. The van der Waals surface area contributed by atoms with Crippen molar-refractivity contribution in [2.75, 3.05) is 18.6 Å². The van der Waals surface area contributed by atoms with Gasteiger partial charge in [0.25, 0.3) is 5.56 Å². The predicted molar refractivity (Wildman–Crippen MR) is 125 cm³/mol. The number of fused-ring (bicyclic) bond motifs is 4. The van der Waals surface area contributed by atoms with Crippen LogP contribution in [0, 0.1) is 17.2 Å². The number of ether oxygens (including phenoxy) is 2. The molecular weight excluding hydrogens is 475 g/mol. The van der Waals surface area contributed by atoms with Crippen molar-refractivity contribution in [1.82, 2.24) is 19.5 Å². The summed E-state index contributed by atoms with van der Waals surface area (Å²) in [6.07, 6.45) is 2.76. The lowest BCUT2D eigenvalue weighted by molar-refractivity contribution is -0.223. The molecule has 2 aromatic heterocycles. The molecule has 13 heteroatoms. The Kier molecular flexibility index (Phi) is 6.18. The SMILES string of the molecule is CC[C@@]12O[C@@H](n3cnc4c(=O)[nH]c(NC(=O)C(C)C)nc43)[C@@H](OC13CC3)C2OP(C)OCCC#N. The van der Waals surface area contributed by atoms with Crippen LogP contribution in [0.3, 0.4) is 0 Å². The van der Waals surface area contributed by atoms with Crippen LogP contribution in [0.15, 0.2) is 11.1 Å². The van der Waals surface area contributed by atoms with Gasteiger partial charge in [0.2, 0.25) is 11.9 Å². The van der Waals surface area contributed by atoms with Gasteiger partial charge < -0.3 is 18.5 Å². The molecule has 0 radical (unpaired) electrons. The molecule has 12 nitrogen and oxygen atoms in total. The first-order chi connectivity index (χ1) is 16.7. The third-order valence-corrected chi connectivity index (χ3v) is 8.02. The summed E-state index contributed by atoms with van der Waals surface area (Å²) in [7, 11) is -1.26. The summed E-state index contributed by atoms with van der Waals surface area (Å²) in [5.74, 6) is -0.494. The first-order valence-corrected chi connectivity index (χ1v) is 13.4. The maximum Gasteiger partial charge on any atom is 0.280 e. The van der Waals surface area contributed by atoms with Crippen molar-refractivity contribution in [2.24, 2.45) is 5.92 Å². The van der Waals surface area contributed by atoms with Gasteiger partial charge in [-0.05, 0) is 19.3 Å². The van der Waals surface area contributed by atoms with Crippen molar-refractivity contribution in [3.63, 3.8) is 0 Å². The topological polar surface area (TPSA) is 153 Å². The maximum absolute atomic E-state index is 12.6. The van der Waals surface area contributed by atoms with Gasteiger partial charge in [0, 0.05) is 12.6 Å². The zero-order valence-corrected chi connectivity index (χ0v) is 21.0. The molecule has 188 valence electrons. The molecule has 0 aromatic carbocycles. The number of nitrogens with zero attached hydrogens (tertiary/aromatic N) is 4. The molecule has 2 unspecified atom stereocenters. The first-order valence-electron chi connectivity index (χ1n) is 11.8. The number of aromatic nitrogens is 4. The molecule has 1 amide bonds. The Bertz CT molecular complexity index is 1240. The van der Waals surface area contributed by atoms with Crippen molar-refractivity contribution in [2.45, 2.75) is 76.1 Å². The van der Waals surface area contributed by atoms with E-state index in [4.69, 9.17) is 23.8 Å². The highest BCUT2D eigenvalue weighted by molar-refractivity contribution is 7.46. The van der Waals surface area contributed by atoms with Crippen molar-refractivity contribution in [3.8, 4) is 6.07 Å². The van der Waals surface area contributed by atoms with E-state index in [1.807, 2.05) is 13.6 Å². The summed E-state index contributed by atoms with van der Waals surface area (Å²) < 4.78 is 27.0. The second-order valence-electron chi connectivity index (χ2n) is 9.42. The lowest BCUT2D eigenvalue weighted by Crippen LogP contribution is -2.49. The van der Waals surface area contributed by atoms with Crippen LogP contribution in [0.5, 0.6) is 0 Å². The molecule has 2 aromatic rings.